The Morgan fingerprint density at radius 1 is 1.27 bits per heavy atom. The molecule has 0 spiro atoms. The normalized spacial score (nSPS) is 14.8. The standard InChI is InChI=1S/C23H22ClIN2O5S/c1-4-31-18-10-14(9-16(25)21(18)32-13(2)3)11-19-22(29)27(23(30)33-19)12-20(28)26-17-8-6-5-7-15(17)24/h5-11,13H,4,12H2,1-3H3,(H,26,28)/b19-11+. The highest BCUT2D eigenvalue weighted by Crippen LogP contribution is 2.38. The van der Waals surface area contributed by atoms with Crippen molar-refractivity contribution in [2.75, 3.05) is 18.5 Å². The Labute approximate surface area is 215 Å². The second-order valence-corrected chi connectivity index (χ2v) is 9.79. The average molecular weight is 601 g/mol. The van der Waals surface area contributed by atoms with Gasteiger partial charge in [-0.25, -0.2) is 0 Å². The third kappa shape index (κ3) is 6.42. The van der Waals surface area contributed by atoms with E-state index in [9.17, 15) is 14.4 Å². The summed E-state index contributed by atoms with van der Waals surface area (Å²) in [5.74, 6) is 0.140. The number of para-hydroxylation sites is 1. The Morgan fingerprint density at radius 2 is 2.00 bits per heavy atom. The van der Waals surface area contributed by atoms with Crippen LogP contribution >= 0.6 is 46.0 Å². The van der Waals surface area contributed by atoms with Gasteiger partial charge in [0.1, 0.15) is 6.54 Å². The molecular formula is C23H22ClIN2O5S. The molecule has 1 aliphatic heterocycles. The number of rotatable bonds is 8. The van der Waals surface area contributed by atoms with Gasteiger partial charge in [0.25, 0.3) is 11.1 Å². The van der Waals surface area contributed by atoms with Crippen molar-refractivity contribution in [2.45, 2.75) is 26.9 Å². The molecule has 0 bridgehead atoms. The summed E-state index contributed by atoms with van der Waals surface area (Å²) in [5, 5.41) is 2.47. The molecule has 1 aliphatic rings. The first-order chi connectivity index (χ1) is 15.7. The molecule has 7 nitrogen and oxygen atoms in total. The number of ether oxygens (including phenoxy) is 2. The third-order valence-corrected chi connectivity index (χ3v) is 6.34. The van der Waals surface area contributed by atoms with Gasteiger partial charge in [-0.2, -0.15) is 0 Å². The monoisotopic (exact) mass is 600 g/mol. The van der Waals surface area contributed by atoms with Crippen LogP contribution in [0.1, 0.15) is 26.3 Å². The van der Waals surface area contributed by atoms with Crippen LogP contribution in [0.15, 0.2) is 41.3 Å². The molecule has 1 N–H and O–H groups in total. The van der Waals surface area contributed by atoms with Crippen molar-refractivity contribution < 1.29 is 23.9 Å². The number of nitrogens with zero attached hydrogens (tertiary/aromatic N) is 1. The number of hydrogen-bond donors (Lipinski definition) is 1. The van der Waals surface area contributed by atoms with Crippen molar-refractivity contribution in [1.82, 2.24) is 4.90 Å². The number of carbonyl (C=O) groups excluding carboxylic acids is 3. The van der Waals surface area contributed by atoms with Crippen molar-refractivity contribution in [3.8, 4) is 11.5 Å². The van der Waals surface area contributed by atoms with Gasteiger partial charge in [-0.3, -0.25) is 19.3 Å². The van der Waals surface area contributed by atoms with E-state index < -0.39 is 23.6 Å². The minimum atomic E-state index is -0.533. The molecule has 0 saturated carbocycles. The molecule has 2 aromatic carbocycles. The molecule has 174 valence electrons. The molecule has 1 fully saturated rings. The molecule has 1 heterocycles. The smallest absolute Gasteiger partial charge is 0.294 e. The summed E-state index contributed by atoms with van der Waals surface area (Å²) >= 11 is 8.98. The SMILES string of the molecule is CCOc1cc(/C=C2/SC(=O)N(CC(=O)Nc3ccccc3Cl)C2=O)cc(I)c1OC(C)C. The van der Waals surface area contributed by atoms with Crippen LogP contribution in [-0.4, -0.2) is 41.2 Å². The topological polar surface area (TPSA) is 84.9 Å². The predicted octanol–water partition coefficient (Wildman–Crippen LogP) is 5.81. The molecule has 33 heavy (non-hydrogen) atoms. The zero-order chi connectivity index (χ0) is 24.1. The molecule has 0 atom stereocenters. The number of halogens is 2. The number of hydrogen-bond acceptors (Lipinski definition) is 6. The van der Waals surface area contributed by atoms with E-state index in [1.54, 1.807) is 36.4 Å². The van der Waals surface area contributed by atoms with Gasteiger partial charge in [-0.15, -0.1) is 0 Å². The average Bonchev–Trinajstić information content (AvgIpc) is 2.99. The lowest BCUT2D eigenvalue weighted by Gasteiger charge is -2.17. The van der Waals surface area contributed by atoms with Gasteiger partial charge < -0.3 is 14.8 Å². The lowest BCUT2D eigenvalue weighted by molar-refractivity contribution is -0.127. The molecule has 0 aromatic heterocycles. The maximum Gasteiger partial charge on any atom is 0.294 e. The highest BCUT2D eigenvalue weighted by Gasteiger charge is 2.36. The summed E-state index contributed by atoms with van der Waals surface area (Å²) in [6.07, 6.45) is 1.58. The zero-order valence-electron chi connectivity index (χ0n) is 18.2. The fraction of sp³-hybridized carbons (Fsp3) is 0.261. The van der Waals surface area contributed by atoms with Crippen LogP contribution in [0.2, 0.25) is 5.02 Å². The van der Waals surface area contributed by atoms with E-state index in [1.807, 2.05) is 26.8 Å². The first-order valence-electron chi connectivity index (χ1n) is 10.1. The Kier molecular flexibility index (Phi) is 8.66. The summed E-state index contributed by atoms with van der Waals surface area (Å²) < 4.78 is 12.4. The van der Waals surface area contributed by atoms with Gasteiger partial charge in [-0.1, -0.05) is 23.7 Å². The van der Waals surface area contributed by atoms with Crippen molar-refractivity contribution >= 4 is 74.8 Å². The molecule has 2 aromatic rings. The molecule has 0 radical (unpaired) electrons. The molecule has 3 rings (SSSR count). The number of nitrogens with one attached hydrogen (secondary N) is 1. The van der Waals surface area contributed by atoms with Crippen LogP contribution in [0.25, 0.3) is 6.08 Å². The lowest BCUT2D eigenvalue weighted by atomic mass is 10.1. The molecule has 10 heteroatoms. The number of anilines is 1. The minimum absolute atomic E-state index is 0.0306. The Balaban J connectivity index is 1.79. The number of amides is 3. The Bertz CT molecular complexity index is 1120. The molecule has 1 saturated heterocycles. The summed E-state index contributed by atoms with van der Waals surface area (Å²) in [7, 11) is 0. The molecule has 3 amide bonds. The maximum atomic E-state index is 12.8. The first-order valence-corrected chi connectivity index (χ1v) is 12.4. The second kappa shape index (κ2) is 11.3. The molecule has 0 aliphatic carbocycles. The van der Waals surface area contributed by atoms with Gasteiger partial charge in [-0.05, 0) is 91.0 Å². The first kappa shape index (κ1) is 25.4. The largest absolute Gasteiger partial charge is 0.490 e. The van der Waals surface area contributed by atoms with Gasteiger partial charge in [0.05, 0.1) is 31.9 Å². The van der Waals surface area contributed by atoms with E-state index in [0.717, 1.165) is 20.2 Å². The van der Waals surface area contributed by atoms with Crippen LogP contribution in [0, 0.1) is 3.57 Å². The van der Waals surface area contributed by atoms with Crippen LogP contribution in [0.4, 0.5) is 10.5 Å². The summed E-state index contributed by atoms with van der Waals surface area (Å²) in [5.41, 5.74) is 1.10. The fourth-order valence-corrected chi connectivity index (χ4v) is 4.74. The number of imide groups is 1. The second-order valence-electron chi connectivity index (χ2n) is 7.23. The molecular weight excluding hydrogens is 579 g/mol. The maximum absolute atomic E-state index is 12.8. The van der Waals surface area contributed by atoms with E-state index in [1.165, 1.54) is 0 Å². The van der Waals surface area contributed by atoms with Crippen LogP contribution < -0.4 is 14.8 Å². The summed E-state index contributed by atoms with van der Waals surface area (Å²) in [6, 6.07) is 10.3. The Morgan fingerprint density at radius 3 is 2.67 bits per heavy atom. The highest BCUT2D eigenvalue weighted by molar-refractivity contribution is 14.1. The van der Waals surface area contributed by atoms with Gasteiger partial charge in [0, 0.05) is 0 Å². The van der Waals surface area contributed by atoms with E-state index in [0.29, 0.717) is 34.4 Å². The quantitative estimate of drug-likeness (QED) is 0.304. The number of thioether (sulfide) groups is 1. The van der Waals surface area contributed by atoms with Crippen LogP contribution in [0.5, 0.6) is 11.5 Å². The predicted molar refractivity (Wildman–Crippen MR) is 139 cm³/mol. The van der Waals surface area contributed by atoms with E-state index >= 15 is 0 Å². The fourth-order valence-electron chi connectivity index (χ4n) is 2.97. The zero-order valence-corrected chi connectivity index (χ0v) is 21.9. The van der Waals surface area contributed by atoms with E-state index in [4.69, 9.17) is 21.1 Å². The number of carbonyl (C=O) groups is 3. The Hall–Kier alpha value is -2.24. The van der Waals surface area contributed by atoms with Gasteiger partial charge in [0.15, 0.2) is 11.5 Å². The summed E-state index contributed by atoms with van der Waals surface area (Å²) in [4.78, 5) is 38.8. The van der Waals surface area contributed by atoms with Gasteiger partial charge in [0.2, 0.25) is 5.91 Å². The van der Waals surface area contributed by atoms with Crippen LogP contribution in [0.3, 0.4) is 0 Å². The highest BCUT2D eigenvalue weighted by atomic mass is 127. The number of benzene rings is 2. The van der Waals surface area contributed by atoms with Crippen LogP contribution in [-0.2, 0) is 9.59 Å². The summed E-state index contributed by atoms with van der Waals surface area (Å²) in [6.45, 7) is 5.77. The minimum Gasteiger partial charge on any atom is -0.490 e. The van der Waals surface area contributed by atoms with E-state index in [-0.39, 0.29) is 11.0 Å². The molecule has 0 unspecified atom stereocenters. The van der Waals surface area contributed by atoms with Crippen molar-refractivity contribution in [2.24, 2.45) is 0 Å². The lowest BCUT2D eigenvalue weighted by Crippen LogP contribution is -2.36. The van der Waals surface area contributed by atoms with E-state index in [2.05, 4.69) is 27.9 Å². The van der Waals surface area contributed by atoms with Crippen molar-refractivity contribution in [3.05, 3.63) is 55.5 Å². The van der Waals surface area contributed by atoms with Gasteiger partial charge >= 0.3 is 0 Å². The third-order valence-electron chi connectivity index (χ3n) is 4.31. The van der Waals surface area contributed by atoms with Crippen molar-refractivity contribution in [3.63, 3.8) is 0 Å². The van der Waals surface area contributed by atoms with Crippen molar-refractivity contribution in [1.29, 1.82) is 0 Å².